The number of amides is 2. The van der Waals surface area contributed by atoms with Gasteiger partial charge in [-0.2, -0.15) is 0 Å². The number of benzene rings is 3. The van der Waals surface area contributed by atoms with E-state index in [1.165, 1.54) is 30.3 Å². The summed E-state index contributed by atoms with van der Waals surface area (Å²) in [5.41, 5.74) is -1.98. The molecule has 8 nitrogen and oxygen atoms in total. The van der Waals surface area contributed by atoms with E-state index in [4.69, 9.17) is 23.2 Å². The molecule has 4 rings (SSSR count). The zero-order chi connectivity index (χ0) is 31.9. The normalized spacial score (nSPS) is 22.7. The van der Waals surface area contributed by atoms with Crippen LogP contribution in [0.25, 0.3) is 0 Å². The molecule has 0 aromatic heterocycles. The van der Waals surface area contributed by atoms with Crippen molar-refractivity contribution in [3.05, 3.63) is 93.5 Å². The molecule has 0 radical (unpaired) electrons. The van der Waals surface area contributed by atoms with E-state index in [1.54, 1.807) is 43.3 Å². The summed E-state index contributed by atoms with van der Waals surface area (Å²) in [7, 11) is 0. The van der Waals surface area contributed by atoms with Crippen LogP contribution in [0.5, 0.6) is 5.75 Å². The Morgan fingerprint density at radius 1 is 0.750 bits per heavy atom. The Balaban J connectivity index is 1.64. The van der Waals surface area contributed by atoms with Crippen LogP contribution in [0.2, 0.25) is 10.0 Å². The van der Waals surface area contributed by atoms with Crippen molar-refractivity contribution in [1.82, 2.24) is 5.32 Å². The lowest BCUT2D eigenvalue weighted by Gasteiger charge is -2.47. The van der Waals surface area contributed by atoms with Gasteiger partial charge in [0, 0.05) is 27.4 Å². The Morgan fingerprint density at radius 2 is 1.27 bits per heavy atom. The van der Waals surface area contributed by atoms with Crippen LogP contribution >= 0.6 is 23.2 Å². The number of anilines is 1. The maximum absolute atomic E-state index is 13.5. The summed E-state index contributed by atoms with van der Waals surface area (Å²) in [5.74, 6) is -1.70. The van der Waals surface area contributed by atoms with E-state index in [2.05, 4.69) is 10.6 Å². The highest BCUT2D eigenvalue weighted by Gasteiger charge is 2.50. The molecule has 0 heterocycles. The molecule has 236 valence electrons. The van der Waals surface area contributed by atoms with Crippen molar-refractivity contribution in [1.29, 1.82) is 0 Å². The molecule has 6 N–H and O–H groups in total. The van der Waals surface area contributed by atoms with Crippen molar-refractivity contribution in [2.75, 3.05) is 5.32 Å². The third-order valence-electron chi connectivity index (χ3n) is 8.56. The van der Waals surface area contributed by atoms with Crippen LogP contribution in [0, 0.1) is 0 Å². The second-order valence-corrected chi connectivity index (χ2v) is 12.7. The molecule has 44 heavy (non-hydrogen) atoms. The van der Waals surface area contributed by atoms with E-state index in [0.717, 1.165) is 32.1 Å². The molecule has 3 aromatic rings. The number of hydrogen-bond acceptors (Lipinski definition) is 6. The number of phenolic OH excluding ortho intramolecular Hbond substituents is 1. The molecule has 0 aliphatic heterocycles. The maximum atomic E-state index is 13.5. The molecule has 1 saturated carbocycles. The van der Waals surface area contributed by atoms with Crippen LogP contribution in [0.1, 0.15) is 93.6 Å². The molecule has 0 unspecified atom stereocenters. The van der Waals surface area contributed by atoms with Gasteiger partial charge in [0.1, 0.15) is 11.4 Å². The third-order valence-corrected chi connectivity index (χ3v) is 9.03. The smallest absolute Gasteiger partial charge is 0.257 e. The van der Waals surface area contributed by atoms with Gasteiger partial charge in [-0.05, 0) is 61.2 Å². The second-order valence-electron chi connectivity index (χ2n) is 11.8. The number of hydrogen-bond donors (Lipinski definition) is 6. The van der Waals surface area contributed by atoms with Crippen molar-refractivity contribution < 1.29 is 30.0 Å². The maximum Gasteiger partial charge on any atom is 0.257 e. The van der Waals surface area contributed by atoms with E-state index in [9.17, 15) is 30.0 Å². The van der Waals surface area contributed by atoms with Crippen molar-refractivity contribution in [2.45, 2.75) is 88.1 Å². The average molecular weight is 644 g/mol. The number of rotatable bonds is 7. The predicted molar refractivity (Wildman–Crippen MR) is 172 cm³/mol. The van der Waals surface area contributed by atoms with Crippen LogP contribution in [-0.2, 0) is 15.2 Å². The molecular weight excluding hydrogens is 603 g/mol. The standard InChI is InChI=1S/C34H40Cl2N2O6/c1-33(38-32(43)30(41)23-12-10-14-25(36)20-23)17-7-5-3-2-4-6-8-18-34(33,44)27-16-15-26(21-28(27)39)37-31(42)29(40)22-11-9-13-24(35)19-22/h9-16,19-21,29-30,39-41,44H,2-8,17-18H2,1H3,(H,37,42)(H,38,43)/t29-,30-,33-,34-/m1/s1. The molecule has 10 heteroatoms. The highest BCUT2D eigenvalue weighted by molar-refractivity contribution is 6.31. The van der Waals surface area contributed by atoms with Crippen molar-refractivity contribution in [3.63, 3.8) is 0 Å². The zero-order valence-electron chi connectivity index (χ0n) is 24.7. The van der Waals surface area contributed by atoms with E-state index in [1.807, 2.05) is 0 Å². The first-order valence-corrected chi connectivity index (χ1v) is 15.7. The van der Waals surface area contributed by atoms with Gasteiger partial charge in [0.2, 0.25) is 0 Å². The summed E-state index contributed by atoms with van der Waals surface area (Å²) in [4.78, 5) is 26.3. The Hall–Kier alpha value is -3.14. The molecule has 1 aliphatic rings. The number of aliphatic hydroxyl groups excluding tert-OH is 2. The number of halogens is 2. The van der Waals surface area contributed by atoms with Gasteiger partial charge in [-0.15, -0.1) is 0 Å². The minimum atomic E-state index is -1.73. The van der Waals surface area contributed by atoms with E-state index in [-0.39, 0.29) is 23.4 Å². The van der Waals surface area contributed by atoms with Crippen molar-refractivity contribution in [2.24, 2.45) is 0 Å². The van der Waals surface area contributed by atoms with Gasteiger partial charge in [-0.1, -0.05) is 98.5 Å². The third kappa shape index (κ3) is 7.92. The van der Waals surface area contributed by atoms with Gasteiger partial charge in [0.05, 0.1) is 5.54 Å². The van der Waals surface area contributed by atoms with Crippen LogP contribution in [-0.4, -0.2) is 37.8 Å². The van der Waals surface area contributed by atoms with Gasteiger partial charge in [-0.25, -0.2) is 0 Å². The van der Waals surface area contributed by atoms with Gasteiger partial charge < -0.3 is 31.1 Å². The molecular formula is C34H40Cl2N2O6. The highest BCUT2D eigenvalue weighted by atomic mass is 35.5. The van der Waals surface area contributed by atoms with Gasteiger partial charge >= 0.3 is 0 Å². The SMILES string of the molecule is C[C@@]1(NC(=O)[C@H](O)c2cccc(Cl)c2)CCCCCCCCC[C@@]1(O)c1ccc(NC(=O)[C@H](O)c2cccc(Cl)c2)cc1O. The number of aliphatic hydroxyl groups is 3. The minimum absolute atomic E-state index is 0.185. The van der Waals surface area contributed by atoms with Gasteiger partial charge in [0.15, 0.2) is 12.2 Å². The quantitative estimate of drug-likeness (QED) is 0.170. The lowest BCUT2D eigenvalue weighted by Crippen LogP contribution is -2.61. The molecule has 1 fully saturated rings. The molecule has 1 aliphatic carbocycles. The Kier molecular flexibility index (Phi) is 11.3. The number of phenols is 1. The average Bonchev–Trinajstić information content (AvgIpc) is 3.01. The molecule has 0 spiro atoms. The number of aromatic hydroxyl groups is 1. The van der Waals surface area contributed by atoms with Gasteiger partial charge in [-0.3, -0.25) is 9.59 Å². The molecule has 0 bridgehead atoms. The van der Waals surface area contributed by atoms with E-state index in [0.29, 0.717) is 40.4 Å². The van der Waals surface area contributed by atoms with Crippen molar-refractivity contribution in [3.8, 4) is 5.75 Å². The Bertz CT molecular complexity index is 1470. The van der Waals surface area contributed by atoms with Crippen LogP contribution < -0.4 is 10.6 Å². The molecule has 4 atom stereocenters. The topological polar surface area (TPSA) is 139 Å². The summed E-state index contributed by atoms with van der Waals surface area (Å²) in [5, 5.41) is 51.5. The predicted octanol–water partition coefficient (Wildman–Crippen LogP) is 6.69. The fraction of sp³-hybridized carbons (Fsp3) is 0.412. The molecule has 2 amide bonds. The first-order valence-electron chi connectivity index (χ1n) is 15.0. The highest BCUT2D eigenvalue weighted by Crippen LogP contribution is 2.45. The Morgan fingerprint density at radius 3 is 1.82 bits per heavy atom. The lowest BCUT2D eigenvalue weighted by atomic mass is 9.70. The number of nitrogens with one attached hydrogen (secondary N) is 2. The van der Waals surface area contributed by atoms with Crippen LogP contribution in [0.4, 0.5) is 5.69 Å². The summed E-state index contributed by atoms with van der Waals surface area (Å²) in [6, 6.07) is 17.1. The fourth-order valence-corrected chi connectivity index (χ4v) is 6.39. The Labute approximate surface area is 268 Å². The molecule has 3 aromatic carbocycles. The summed E-state index contributed by atoms with van der Waals surface area (Å²) in [6.07, 6.45) is 3.87. The minimum Gasteiger partial charge on any atom is -0.507 e. The molecule has 0 saturated heterocycles. The zero-order valence-corrected chi connectivity index (χ0v) is 26.2. The van der Waals surface area contributed by atoms with Crippen molar-refractivity contribution >= 4 is 40.7 Å². The largest absolute Gasteiger partial charge is 0.507 e. The second kappa shape index (κ2) is 14.8. The van der Waals surface area contributed by atoms with Gasteiger partial charge in [0.25, 0.3) is 11.8 Å². The van der Waals surface area contributed by atoms with E-state index >= 15 is 0 Å². The summed E-state index contributed by atoms with van der Waals surface area (Å²) >= 11 is 12.1. The monoisotopic (exact) mass is 642 g/mol. The first-order chi connectivity index (χ1) is 20.9. The summed E-state index contributed by atoms with van der Waals surface area (Å²) < 4.78 is 0. The number of carbonyl (C=O) groups is 2. The first kappa shape index (κ1) is 33.7. The fourth-order valence-electron chi connectivity index (χ4n) is 5.99. The van der Waals surface area contributed by atoms with E-state index < -0.39 is 35.2 Å². The van der Waals surface area contributed by atoms with Crippen LogP contribution in [0.3, 0.4) is 0 Å². The lowest BCUT2D eigenvalue weighted by molar-refractivity contribution is -0.138. The number of carbonyl (C=O) groups excluding carboxylic acids is 2. The van der Waals surface area contributed by atoms with Crippen LogP contribution in [0.15, 0.2) is 66.7 Å². The summed E-state index contributed by atoms with van der Waals surface area (Å²) in [6.45, 7) is 1.74.